The number of fused-ring (bicyclic) bond motifs is 1. The van der Waals surface area contributed by atoms with Crippen LogP contribution in [-0.2, 0) is 6.54 Å². The SMILES string of the molecule is O=C(c1cocn1)N1CC[C@@H]2CN(Cc3cccnc3)[C@@H]2C1. The number of aromatic nitrogens is 2. The molecule has 0 bridgehead atoms. The van der Waals surface area contributed by atoms with Gasteiger partial charge in [-0.2, -0.15) is 0 Å². The summed E-state index contributed by atoms with van der Waals surface area (Å²) in [7, 11) is 0. The smallest absolute Gasteiger partial charge is 0.275 e. The fourth-order valence-corrected chi connectivity index (χ4v) is 3.48. The molecule has 0 spiro atoms. The lowest BCUT2D eigenvalue weighted by Crippen LogP contribution is -2.64. The first-order valence-electron chi connectivity index (χ1n) is 7.61. The van der Waals surface area contributed by atoms with Gasteiger partial charge in [0.2, 0.25) is 0 Å². The highest BCUT2D eigenvalue weighted by molar-refractivity contribution is 5.92. The molecule has 2 atom stereocenters. The van der Waals surface area contributed by atoms with E-state index in [4.69, 9.17) is 4.42 Å². The van der Waals surface area contributed by atoms with E-state index in [9.17, 15) is 4.79 Å². The molecule has 0 radical (unpaired) electrons. The van der Waals surface area contributed by atoms with Crippen molar-refractivity contribution in [3.05, 3.63) is 48.4 Å². The van der Waals surface area contributed by atoms with E-state index in [-0.39, 0.29) is 5.91 Å². The number of pyridine rings is 1. The van der Waals surface area contributed by atoms with E-state index >= 15 is 0 Å². The predicted molar refractivity (Wildman–Crippen MR) is 78.9 cm³/mol. The maximum atomic E-state index is 12.4. The van der Waals surface area contributed by atoms with Crippen LogP contribution in [0.5, 0.6) is 0 Å². The zero-order valence-electron chi connectivity index (χ0n) is 12.3. The molecule has 6 heteroatoms. The van der Waals surface area contributed by atoms with Gasteiger partial charge in [0, 0.05) is 44.6 Å². The second-order valence-electron chi connectivity index (χ2n) is 6.03. The molecule has 0 N–H and O–H groups in total. The molecule has 6 nitrogen and oxygen atoms in total. The quantitative estimate of drug-likeness (QED) is 0.857. The number of likely N-dealkylation sites (tertiary alicyclic amines) is 2. The molecule has 0 aromatic carbocycles. The second kappa shape index (κ2) is 5.53. The third kappa shape index (κ3) is 2.39. The molecular weight excluding hydrogens is 280 g/mol. The summed E-state index contributed by atoms with van der Waals surface area (Å²) in [6.07, 6.45) is 7.49. The van der Waals surface area contributed by atoms with Gasteiger partial charge >= 0.3 is 0 Å². The summed E-state index contributed by atoms with van der Waals surface area (Å²) in [6, 6.07) is 4.51. The molecular formula is C16H18N4O2. The lowest BCUT2D eigenvalue weighted by Gasteiger charge is -2.53. The fraction of sp³-hybridized carbons (Fsp3) is 0.438. The average Bonchev–Trinajstić information content (AvgIpc) is 3.07. The minimum Gasteiger partial charge on any atom is -0.451 e. The van der Waals surface area contributed by atoms with Crippen molar-refractivity contribution >= 4 is 5.91 Å². The average molecular weight is 298 g/mol. The summed E-state index contributed by atoms with van der Waals surface area (Å²) >= 11 is 0. The highest BCUT2D eigenvalue weighted by Crippen LogP contribution is 2.33. The highest BCUT2D eigenvalue weighted by atomic mass is 16.3. The minimum atomic E-state index is -0.0274. The van der Waals surface area contributed by atoms with Crippen molar-refractivity contribution < 1.29 is 9.21 Å². The minimum absolute atomic E-state index is 0.0274. The number of hydrogen-bond donors (Lipinski definition) is 0. The topological polar surface area (TPSA) is 62.5 Å². The third-order valence-electron chi connectivity index (χ3n) is 4.71. The van der Waals surface area contributed by atoms with Gasteiger partial charge in [0.25, 0.3) is 5.91 Å². The summed E-state index contributed by atoms with van der Waals surface area (Å²) in [4.78, 5) is 24.8. The van der Waals surface area contributed by atoms with Gasteiger partial charge in [0.1, 0.15) is 6.26 Å². The normalized spacial score (nSPS) is 24.6. The molecule has 4 heterocycles. The van der Waals surface area contributed by atoms with Crippen LogP contribution in [0.25, 0.3) is 0 Å². The van der Waals surface area contributed by atoms with Crippen LogP contribution < -0.4 is 0 Å². The lowest BCUT2D eigenvalue weighted by molar-refractivity contribution is -0.0429. The molecule has 0 saturated carbocycles. The molecule has 2 aromatic rings. The van der Waals surface area contributed by atoms with Crippen molar-refractivity contribution in [3.63, 3.8) is 0 Å². The molecule has 2 aliphatic heterocycles. The Balaban J connectivity index is 1.41. The zero-order chi connectivity index (χ0) is 14.9. The summed E-state index contributed by atoms with van der Waals surface area (Å²) in [5.74, 6) is 0.679. The molecule has 1 amide bonds. The van der Waals surface area contributed by atoms with E-state index in [1.165, 1.54) is 18.2 Å². The maximum absolute atomic E-state index is 12.4. The lowest BCUT2D eigenvalue weighted by atomic mass is 9.82. The van der Waals surface area contributed by atoms with Crippen LogP contribution in [0.3, 0.4) is 0 Å². The summed E-state index contributed by atoms with van der Waals surface area (Å²) in [5.41, 5.74) is 1.62. The van der Waals surface area contributed by atoms with Crippen molar-refractivity contribution in [1.29, 1.82) is 0 Å². The fourth-order valence-electron chi connectivity index (χ4n) is 3.48. The number of carbonyl (C=O) groups is 1. The number of oxazole rings is 1. The number of amides is 1. The van der Waals surface area contributed by atoms with E-state index in [2.05, 4.69) is 20.9 Å². The van der Waals surface area contributed by atoms with Crippen molar-refractivity contribution in [3.8, 4) is 0 Å². The van der Waals surface area contributed by atoms with Gasteiger partial charge in [-0.05, 0) is 24.0 Å². The third-order valence-corrected chi connectivity index (χ3v) is 4.71. The molecule has 2 saturated heterocycles. The van der Waals surface area contributed by atoms with Crippen molar-refractivity contribution in [2.75, 3.05) is 19.6 Å². The first-order valence-corrected chi connectivity index (χ1v) is 7.61. The number of hydrogen-bond acceptors (Lipinski definition) is 5. The Morgan fingerprint density at radius 3 is 3.14 bits per heavy atom. The van der Waals surface area contributed by atoms with Crippen LogP contribution in [0, 0.1) is 5.92 Å². The molecule has 0 aliphatic carbocycles. The van der Waals surface area contributed by atoms with Gasteiger partial charge in [0.15, 0.2) is 12.1 Å². The van der Waals surface area contributed by atoms with Crippen LogP contribution in [0.4, 0.5) is 0 Å². The van der Waals surface area contributed by atoms with Crippen molar-refractivity contribution in [2.24, 2.45) is 5.92 Å². The highest BCUT2D eigenvalue weighted by Gasteiger charge is 2.43. The van der Waals surface area contributed by atoms with Gasteiger partial charge in [-0.25, -0.2) is 4.98 Å². The summed E-state index contributed by atoms with van der Waals surface area (Å²) in [5, 5.41) is 0. The molecule has 114 valence electrons. The Morgan fingerprint density at radius 1 is 1.41 bits per heavy atom. The zero-order valence-corrected chi connectivity index (χ0v) is 12.3. The van der Waals surface area contributed by atoms with E-state index in [0.29, 0.717) is 17.7 Å². The number of piperidine rings is 1. The Bertz CT molecular complexity index is 643. The summed E-state index contributed by atoms with van der Waals surface area (Å²) < 4.78 is 4.91. The Kier molecular flexibility index (Phi) is 3.38. The van der Waals surface area contributed by atoms with Crippen molar-refractivity contribution in [2.45, 2.75) is 19.0 Å². The van der Waals surface area contributed by atoms with Gasteiger partial charge < -0.3 is 9.32 Å². The Morgan fingerprint density at radius 2 is 2.36 bits per heavy atom. The monoisotopic (exact) mass is 298 g/mol. The van der Waals surface area contributed by atoms with Crippen LogP contribution in [0.2, 0.25) is 0 Å². The second-order valence-corrected chi connectivity index (χ2v) is 6.03. The first-order chi connectivity index (χ1) is 10.8. The summed E-state index contributed by atoms with van der Waals surface area (Å²) in [6.45, 7) is 3.61. The Hall–Kier alpha value is -2.21. The molecule has 22 heavy (non-hydrogen) atoms. The molecule has 0 unspecified atom stereocenters. The van der Waals surface area contributed by atoms with Crippen LogP contribution in [-0.4, -0.2) is 51.4 Å². The first kappa shape index (κ1) is 13.5. The van der Waals surface area contributed by atoms with Gasteiger partial charge in [-0.3, -0.25) is 14.7 Å². The van der Waals surface area contributed by atoms with Crippen molar-refractivity contribution in [1.82, 2.24) is 19.8 Å². The Labute approximate surface area is 128 Å². The molecule has 2 aromatic heterocycles. The standard InChI is InChI=1S/C16H18N4O2/c21-16(14-10-22-11-18-14)19-5-3-13-8-20(15(13)9-19)7-12-2-1-4-17-6-12/h1-2,4,6,10-11,13,15H,3,5,7-9H2/t13-,15-/m1/s1. The number of carbonyl (C=O) groups excluding carboxylic acids is 1. The largest absolute Gasteiger partial charge is 0.451 e. The van der Waals surface area contributed by atoms with Crippen LogP contribution >= 0.6 is 0 Å². The van der Waals surface area contributed by atoms with Crippen LogP contribution in [0.15, 0.2) is 41.6 Å². The predicted octanol–water partition coefficient (Wildman–Crippen LogP) is 1.42. The van der Waals surface area contributed by atoms with E-state index in [1.807, 2.05) is 17.2 Å². The molecule has 2 aliphatic rings. The van der Waals surface area contributed by atoms with Gasteiger partial charge in [-0.1, -0.05) is 6.07 Å². The number of nitrogens with zero attached hydrogens (tertiary/aromatic N) is 4. The van der Waals surface area contributed by atoms with E-state index < -0.39 is 0 Å². The molecule has 4 rings (SSSR count). The molecule has 2 fully saturated rings. The van der Waals surface area contributed by atoms with Gasteiger partial charge in [-0.15, -0.1) is 0 Å². The van der Waals surface area contributed by atoms with E-state index in [0.717, 1.165) is 32.6 Å². The van der Waals surface area contributed by atoms with E-state index in [1.54, 1.807) is 6.20 Å². The number of rotatable bonds is 3. The van der Waals surface area contributed by atoms with Crippen LogP contribution in [0.1, 0.15) is 22.5 Å². The van der Waals surface area contributed by atoms with Gasteiger partial charge in [0.05, 0.1) is 0 Å². The maximum Gasteiger partial charge on any atom is 0.275 e.